The Bertz CT molecular complexity index is 732. The maximum atomic E-state index is 12.4. The van der Waals surface area contributed by atoms with Gasteiger partial charge in [-0.05, 0) is 30.9 Å². The van der Waals surface area contributed by atoms with Crippen molar-refractivity contribution in [1.82, 2.24) is 4.72 Å². The molecule has 1 aromatic carbocycles. The summed E-state index contributed by atoms with van der Waals surface area (Å²) in [7, 11) is -4.33. The minimum atomic E-state index is -4.33. The Morgan fingerprint density at radius 2 is 2.00 bits per heavy atom. The van der Waals surface area contributed by atoms with Crippen LogP contribution >= 0.6 is 11.6 Å². The molecule has 23 heavy (non-hydrogen) atoms. The molecular formula is C13H17ClN2O6S. The Hall–Kier alpha value is -1.71. The number of rotatable bonds is 7. The average molecular weight is 365 g/mol. The van der Waals surface area contributed by atoms with Crippen LogP contribution < -0.4 is 4.72 Å². The Morgan fingerprint density at radius 3 is 2.43 bits per heavy atom. The van der Waals surface area contributed by atoms with Crippen molar-refractivity contribution in [3.05, 3.63) is 32.8 Å². The van der Waals surface area contributed by atoms with Crippen molar-refractivity contribution >= 4 is 33.3 Å². The number of nitrogens with zero attached hydrogens (tertiary/aromatic N) is 1. The van der Waals surface area contributed by atoms with Crippen LogP contribution in [0, 0.1) is 23.0 Å². The molecule has 1 rings (SSSR count). The van der Waals surface area contributed by atoms with Gasteiger partial charge >= 0.3 is 5.97 Å². The third-order valence-corrected chi connectivity index (χ3v) is 4.96. The van der Waals surface area contributed by atoms with E-state index in [0.717, 1.165) is 12.1 Å². The molecule has 0 unspecified atom stereocenters. The Balaban J connectivity index is 3.33. The van der Waals surface area contributed by atoms with Crippen molar-refractivity contribution in [2.24, 2.45) is 5.92 Å². The van der Waals surface area contributed by atoms with E-state index in [1.165, 1.54) is 6.92 Å². The molecule has 0 aromatic heterocycles. The molecule has 0 bridgehead atoms. The molecule has 0 radical (unpaired) electrons. The van der Waals surface area contributed by atoms with E-state index in [1.807, 2.05) is 4.72 Å². The predicted octanol–water partition coefficient (Wildman–Crippen LogP) is 2.33. The number of aliphatic carboxylic acids is 1. The number of halogens is 1. The molecular weight excluding hydrogens is 348 g/mol. The van der Waals surface area contributed by atoms with Gasteiger partial charge in [0.15, 0.2) is 0 Å². The molecule has 1 atom stereocenters. The molecule has 10 heteroatoms. The van der Waals surface area contributed by atoms with E-state index in [2.05, 4.69) is 0 Å². The van der Waals surface area contributed by atoms with Crippen LogP contribution in [0.15, 0.2) is 17.0 Å². The number of nitro benzene ring substituents is 1. The maximum absolute atomic E-state index is 12.4. The fourth-order valence-corrected chi connectivity index (χ4v) is 3.83. The zero-order valence-electron chi connectivity index (χ0n) is 12.7. The minimum Gasteiger partial charge on any atom is -0.480 e. The number of hydrogen-bond donors (Lipinski definition) is 2. The number of nitro groups is 1. The van der Waals surface area contributed by atoms with Crippen molar-refractivity contribution in [3.63, 3.8) is 0 Å². The molecule has 0 aliphatic heterocycles. The number of nitrogens with one attached hydrogen (secondary N) is 1. The van der Waals surface area contributed by atoms with E-state index >= 15 is 0 Å². The van der Waals surface area contributed by atoms with E-state index < -0.39 is 42.6 Å². The largest absolute Gasteiger partial charge is 0.480 e. The Morgan fingerprint density at radius 1 is 1.43 bits per heavy atom. The van der Waals surface area contributed by atoms with Gasteiger partial charge in [0.1, 0.15) is 16.0 Å². The van der Waals surface area contributed by atoms with E-state index in [-0.39, 0.29) is 12.3 Å². The molecule has 0 fully saturated rings. The zero-order valence-corrected chi connectivity index (χ0v) is 14.3. The van der Waals surface area contributed by atoms with E-state index in [0.29, 0.717) is 5.56 Å². The second kappa shape index (κ2) is 7.24. The molecule has 0 aliphatic rings. The van der Waals surface area contributed by atoms with E-state index in [4.69, 9.17) is 16.7 Å². The van der Waals surface area contributed by atoms with Gasteiger partial charge in [-0.2, -0.15) is 4.72 Å². The molecule has 8 nitrogen and oxygen atoms in total. The van der Waals surface area contributed by atoms with Crippen molar-refractivity contribution in [1.29, 1.82) is 0 Å². The summed E-state index contributed by atoms with van der Waals surface area (Å²) in [4.78, 5) is 20.8. The summed E-state index contributed by atoms with van der Waals surface area (Å²) in [6.45, 7) is 4.97. The molecule has 0 saturated carbocycles. The summed E-state index contributed by atoms with van der Waals surface area (Å²) in [5.74, 6) is -1.40. The highest BCUT2D eigenvalue weighted by atomic mass is 35.5. The number of hydrogen-bond acceptors (Lipinski definition) is 5. The number of carboxylic acids is 1. The molecule has 128 valence electrons. The lowest BCUT2D eigenvalue weighted by Crippen LogP contribution is -2.41. The third kappa shape index (κ3) is 4.88. The van der Waals surface area contributed by atoms with Gasteiger partial charge in [-0.25, -0.2) is 8.42 Å². The van der Waals surface area contributed by atoms with Crippen LogP contribution in [0.5, 0.6) is 0 Å². The number of benzene rings is 1. The summed E-state index contributed by atoms with van der Waals surface area (Å²) in [6, 6.07) is 0.950. The standard InChI is InChI=1S/C13H17ClN2O6S/c1-7(2)4-9(13(17)18)15-23(21,22)11-6-8(3)5-10(12(11)14)16(19)20/h5-7,9,15H,4H2,1-3H3,(H,17,18)/t9-/m1/s1. The molecule has 1 aromatic rings. The first-order chi connectivity index (χ1) is 10.5. The minimum absolute atomic E-state index is 0.0684. The van der Waals surface area contributed by atoms with Crippen LogP contribution in [0.1, 0.15) is 25.8 Å². The maximum Gasteiger partial charge on any atom is 0.321 e. The molecule has 0 saturated heterocycles. The first-order valence-corrected chi connectivity index (χ1v) is 8.51. The molecule has 0 spiro atoms. The summed E-state index contributed by atoms with van der Waals surface area (Å²) in [5, 5.41) is 19.5. The van der Waals surface area contributed by atoms with Gasteiger partial charge in [0.05, 0.1) is 4.92 Å². The van der Waals surface area contributed by atoms with Gasteiger partial charge in [0.25, 0.3) is 5.69 Å². The second-order valence-corrected chi connectivity index (χ2v) is 7.56. The van der Waals surface area contributed by atoms with Gasteiger partial charge in [-0.3, -0.25) is 14.9 Å². The van der Waals surface area contributed by atoms with E-state index in [1.54, 1.807) is 13.8 Å². The van der Waals surface area contributed by atoms with Crippen LogP contribution in [0.4, 0.5) is 5.69 Å². The third-order valence-electron chi connectivity index (χ3n) is 2.95. The smallest absolute Gasteiger partial charge is 0.321 e. The highest BCUT2D eigenvalue weighted by Gasteiger charge is 2.30. The SMILES string of the molecule is Cc1cc([N+](=O)[O-])c(Cl)c(S(=O)(=O)N[C@H](CC(C)C)C(=O)O)c1. The summed E-state index contributed by atoms with van der Waals surface area (Å²) < 4.78 is 26.8. The lowest BCUT2D eigenvalue weighted by atomic mass is 10.1. The predicted molar refractivity (Wildman–Crippen MR) is 84.0 cm³/mol. The van der Waals surface area contributed by atoms with Gasteiger partial charge in [-0.15, -0.1) is 0 Å². The fraction of sp³-hybridized carbons (Fsp3) is 0.462. The molecule has 0 aliphatic carbocycles. The molecule has 2 N–H and O–H groups in total. The Labute approximate surface area is 138 Å². The highest BCUT2D eigenvalue weighted by Crippen LogP contribution is 2.32. The van der Waals surface area contributed by atoms with Crippen molar-refractivity contribution in [2.75, 3.05) is 0 Å². The summed E-state index contributed by atoms with van der Waals surface area (Å²) in [6.07, 6.45) is 0.0695. The normalized spacial score (nSPS) is 13.1. The van der Waals surface area contributed by atoms with Gasteiger partial charge < -0.3 is 5.11 Å². The number of sulfonamides is 1. The zero-order chi connectivity index (χ0) is 17.9. The molecule has 0 heterocycles. The van der Waals surface area contributed by atoms with Crippen LogP contribution in [0.2, 0.25) is 5.02 Å². The van der Waals surface area contributed by atoms with Crippen molar-refractivity contribution in [3.8, 4) is 0 Å². The molecule has 0 amide bonds. The fourth-order valence-electron chi connectivity index (χ4n) is 1.97. The first-order valence-electron chi connectivity index (χ1n) is 6.65. The monoisotopic (exact) mass is 364 g/mol. The second-order valence-electron chi connectivity index (χ2n) is 5.49. The summed E-state index contributed by atoms with van der Waals surface area (Å²) in [5.41, 5.74) is -0.236. The van der Waals surface area contributed by atoms with Crippen LogP contribution in [0.25, 0.3) is 0 Å². The number of aryl methyl sites for hydroxylation is 1. The topological polar surface area (TPSA) is 127 Å². The van der Waals surface area contributed by atoms with Gasteiger partial charge in [0.2, 0.25) is 10.0 Å². The van der Waals surface area contributed by atoms with Crippen LogP contribution in [-0.2, 0) is 14.8 Å². The first kappa shape index (κ1) is 19.3. The van der Waals surface area contributed by atoms with E-state index in [9.17, 15) is 23.3 Å². The Kier molecular flexibility index (Phi) is 6.09. The lowest BCUT2D eigenvalue weighted by Gasteiger charge is -2.17. The number of carbonyl (C=O) groups is 1. The summed E-state index contributed by atoms with van der Waals surface area (Å²) >= 11 is 5.82. The van der Waals surface area contributed by atoms with Crippen molar-refractivity contribution < 1.29 is 23.2 Å². The highest BCUT2D eigenvalue weighted by molar-refractivity contribution is 7.89. The lowest BCUT2D eigenvalue weighted by molar-refractivity contribution is -0.385. The van der Waals surface area contributed by atoms with Crippen LogP contribution in [0.3, 0.4) is 0 Å². The number of carboxylic acid groups (broad SMARTS) is 1. The van der Waals surface area contributed by atoms with Crippen molar-refractivity contribution in [2.45, 2.75) is 38.1 Å². The van der Waals surface area contributed by atoms with Gasteiger partial charge in [0, 0.05) is 6.07 Å². The van der Waals surface area contributed by atoms with Crippen LogP contribution in [-0.4, -0.2) is 30.5 Å². The average Bonchev–Trinajstić information content (AvgIpc) is 2.38. The van der Waals surface area contributed by atoms with Gasteiger partial charge in [-0.1, -0.05) is 25.4 Å². The quantitative estimate of drug-likeness (QED) is 0.564.